The van der Waals surface area contributed by atoms with E-state index in [1.165, 1.54) is 44.9 Å². The van der Waals surface area contributed by atoms with Crippen molar-refractivity contribution in [2.45, 2.75) is 70.1 Å². The van der Waals surface area contributed by atoms with Crippen LogP contribution in [0.4, 0.5) is 0 Å². The molecule has 0 saturated carbocycles. The Morgan fingerprint density at radius 2 is 2.08 bits per heavy atom. The fraction of sp³-hybridized carbons (Fsp3) is 0.636. The predicted octanol–water partition coefficient (Wildman–Crippen LogP) is 5.97. The van der Waals surface area contributed by atoms with Crippen molar-refractivity contribution in [1.29, 1.82) is 0 Å². The van der Waals surface area contributed by atoms with Crippen LogP contribution in [-0.2, 0) is 0 Å². The number of hydrogen-bond donors (Lipinski definition) is 1. The van der Waals surface area contributed by atoms with E-state index in [0.717, 1.165) is 11.8 Å². The van der Waals surface area contributed by atoms with E-state index in [2.05, 4.69) is 61.4 Å². The highest BCUT2D eigenvalue weighted by Crippen LogP contribution is 2.48. The highest BCUT2D eigenvalue weighted by molar-refractivity contribution is 8.04. The molecule has 4 rings (SSSR count). The molecule has 2 aliphatic heterocycles. The molecule has 4 unspecified atom stereocenters. The van der Waals surface area contributed by atoms with E-state index in [9.17, 15) is 0 Å². The first kappa shape index (κ1) is 16.6. The van der Waals surface area contributed by atoms with Crippen LogP contribution in [-0.4, -0.2) is 11.3 Å². The molecule has 0 fully saturated rings. The molecule has 0 aromatic rings. The van der Waals surface area contributed by atoms with Crippen molar-refractivity contribution in [2.24, 2.45) is 17.8 Å². The molecule has 0 aromatic heterocycles. The molecule has 0 spiro atoms. The van der Waals surface area contributed by atoms with E-state index in [4.69, 9.17) is 0 Å². The molecule has 0 aromatic carbocycles. The fourth-order valence-corrected chi connectivity index (χ4v) is 6.38. The quantitative estimate of drug-likeness (QED) is 0.635. The molecule has 2 aliphatic carbocycles. The first-order chi connectivity index (χ1) is 11.7. The van der Waals surface area contributed by atoms with Crippen molar-refractivity contribution in [1.82, 2.24) is 5.32 Å². The van der Waals surface area contributed by atoms with Crippen molar-refractivity contribution in [3.63, 3.8) is 0 Å². The molecular weight excluding hydrogens is 310 g/mol. The highest BCUT2D eigenvalue weighted by Gasteiger charge is 2.37. The van der Waals surface area contributed by atoms with Gasteiger partial charge in [-0.25, -0.2) is 0 Å². The van der Waals surface area contributed by atoms with E-state index < -0.39 is 0 Å². The summed E-state index contributed by atoms with van der Waals surface area (Å²) in [4.78, 5) is 1.58. The lowest BCUT2D eigenvalue weighted by Crippen LogP contribution is -2.45. The van der Waals surface area contributed by atoms with E-state index in [1.807, 2.05) is 0 Å². The van der Waals surface area contributed by atoms with E-state index in [1.54, 1.807) is 16.1 Å². The van der Waals surface area contributed by atoms with Crippen LogP contribution in [0.25, 0.3) is 0 Å². The van der Waals surface area contributed by atoms with Gasteiger partial charge in [0.2, 0.25) is 0 Å². The maximum atomic E-state index is 3.83. The van der Waals surface area contributed by atoms with Crippen molar-refractivity contribution in [3.05, 3.63) is 46.6 Å². The normalized spacial score (nSPS) is 35.9. The zero-order valence-corrected chi connectivity index (χ0v) is 15.9. The lowest BCUT2D eigenvalue weighted by atomic mass is 9.72. The molecule has 24 heavy (non-hydrogen) atoms. The second-order valence-corrected chi connectivity index (χ2v) is 9.51. The van der Waals surface area contributed by atoms with E-state index >= 15 is 0 Å². The summed E-state index contributed by atoms with van der Waals surface area (Å²) in [6.07, 6.45) is 21.2. The lowest BCUT2D eigenvalue weighted by Gasteiger charge is -2.41. The van der Waals surface area contributed by atoms with Gasteiger partial charge >= 0.3 is 0 Å². The molecule has 2 heteroatoms. The number of nitrogens with one attached hydrogen (secondary N) is 1. The van der Waals surface area contributed by atoms with E-state index in [0.29, 0.717) is 17.2 Å². The minimum absolute atomic E-state index is 0.635. The molecule has 0 saturated heterocycles. The van der Waals surface area contributed by atoms with Crippen LogP contribution >= 0.6 is 11.8 Å². The first-order valence-electron chi connectivity index (χ1n) is 9.89. The van der Waals surface area contributed by atoms with Gasteiger partial charge in [-0.3, -0.25) is 0 Å². The molecule has 0 radical (unpaired) electrons. The summed E-state index contributed by atoms with van der Waals surface area (Å²) in [6, 6.07) is 0.635. The van der Waals surface area contributed by atoms with Gasteiger partial charge in [0.15, 0.2) is 0 Å². The van der Waals surface area contributed by atoms with Crippen molar-refractivity contribution in [2.75, 3.05) is 0 Å². The van der Waals surface area contributed by atoms with Gasteiger partial charge in [-0.1, -0.05) is 43.7 Å². The third-order valence-electron chi connectivity index (χ3n) is 6.30. The summed E-state index contributed by atoms with van der Waals surface area (Å²) in [7, 11) is 0. The number of thioether (sulfide) groups is 1. The summed E-state index contributed by atoms with van der Waals surface area (Å²) in [5.74, 6) is 2.25. The van der Waals surface area contributed by atoms with Crippen LogP contribution in [0.5, 0.6) is 0 Å². The summed E-state index contributed by atoms with van der Waals surface area (Å²) in [6.45, 7) is 4.76. The Balaban J connectivity index is 1.50. The van der Waals surface area contributed by atoms with Gasteiger partial charge < -0.3 is 5.32 Å². The lowest BCUT2D eigenvalue weighted by molar-refractivity contribution is 0.219. The van der Waals surface area contributed by atoms with Crippen molar-refractivity contribution in [3.8, 4) is 0 Å². The Morgan fingerprint density at radius 1 is 1.17 bits per heavy atom. The molecule has 4 atom stereocenters. The number of allylic oxidation sites excluding steroid dienone is 5. The van der Waals surface area contributed by atoms with Gasteiger partial charge in [-0.05, 0) is 74.5 Å². The molecular formula is C22H31NS. The van der Waals surface area contributed by atoms with Crippen LogP contribution in [0.2, 0.25) is 0 Å². The monoisotopic (exact) mass is 341 g/mol. The Morgan fingerprint density at radius 3 is 2.83 bits per heavy atom. The van der Waals surface area contributed by atoms with Gasteiger partial charge in [-0.15, -0.1) is 11.8 Å². The first-order valence-corrected chi connectivity index (χ1v) is 10.8. The van der Waals surface area contributed by atoms with Crippen LogP contribution in [0.15, 0.2) is 46.6 Å². The minimum atomic E-state index is 0.635. The van der Waals surface area contributed by atoms with Crippen LogP contribution in [0, 0.1) is 17.8 Å². The predicted molar refractivity (Wildman–Crippen MR) is 106 cm³/mol. The average Bonchev–Trinajstić information content (AvgIpc) is 3.06. The second-order valence-electron chi connectivity index (χ2n) is 8.27. The van der Waals surface area contributed by atoms with Crippen LogP contribution in [0.1, 0.15) is 58.8 Å². The fourth-order valence-electron chi connectivity index (χ4n) is 4.95. The topological polar surface area (TPSA) is 12.0 Å². The minimum Gasteiger partial charge on any atom is -0.388 e. The summed E-state index contributed by atoms with van der Waals surface area (Å²) in [5.41, 5.74) is 3.39. The zero-order chi connectivity index (χ0) is 16.5. The van der Waals surface area contributed by atoms with Crippen molar-refractivity contribution >= 4 is 11.8 Å². The number of hydrogen-bond acceptors (Lipinski definition) is 2. The smallest absolute Gasteiger partial charge is 0.0358 e. The Hall–Kier alpha value is -0.890. The number of rotatable bonds is 3. The Kier molecular flexibility index (Phi) is 4.94. The Bertz CT molecular complexity index is 595. The third kappa shape index (κ3) is 3.27. The molecule has 0 bridgehead atoms. The van der Waals surface area contributed by atoms with E-state index in [-0.39, 0.29) is 0 Å². The summed E-state index contributed by atoms with van der Waals surface area (Å²) >= 11 is 2.13. The van der Waals surface area contributed by atoms with Gasteiger partial charge in [0.1, 0.15) is 0 Å². The maximum Gasteiger partial charge on any atom is 0.0358 e. The summed E-state index contributed by atoms with van der Waals surface area (Å²) < 4.78 is 0. The van der Waals surface area contributed by atoms with Gasteiger partial charge in [0.25, 0.3) is 0 Å². The van der Waals surface area contributed by atoms with Gasteiger partial charge in [-0.2, -0.15) is 0 Å². The standard InChI is InChI=1S/C22H31NS/c1-15(2)22-19(16-8-4-3-5-9-16)12-18(14-23-22)21-13-17-10-6-7-11-20(17)24-21/h4,7-8,11,14-16,19,21-23H,3,5-6,9-10,12-13H2,1-2H3. The molecule has 130 valence electrons. The molecule has 2 heterocycles. The third-order valence-corrected chi connectivity index (χ3v) is 7.73. The SMILES string of the molecule is CC(C)C1NC=C(C2CC3=C(C=CCC3)S2)CC1C1C=CCCC1. The van der Waals surface area contributed by atoms with Crippen LogP contribution < -0.4 is 5.32 Å². The zero-order valence-electron chi connectivity index (χ0n) is 15.1. The second kappa shape index (κ2) is 7.15. The van der Waals surface area contributed by atoms with Crippen LogP contribution in [0.3, 0.4) is 0 Å². The largest absolute Gasteiger partial charge is 0.388 e. The molecule has 4 aliphatic rings. The average molecular weight is 342 g/mol. The van der Waals surface area contributed by atoms with Gasteiger partial charge in [0, 0.05) is 16.2 Å². The summed E-state index contributed by atoms with van der Waals surface area (Å²) in [5, 5.41) is 4.52. The molecule has 1 N–H and O–H groups in total. The molecule has 0 amide bonds. The highest BCUT2D eigenvalue weighted by atomic mass is 32.2. The van der Waals surface area contributed by atoms with Crippen molar-refractivity contribution < 1.29 is 0 Å². The Labute approximate surface area is 151 Å². The molecule has 1 nitrogen and oxygen atoms in total. The maximum absolute atomic E-state index is 3.83. The van der Waals surface area contributed by atoms with Gasteiger partial charge in [0.05, 0.1) is 0 Å².